The minimum absolute atomic E-state index is 0.0114. The highest BCUT2D eigenvalue weighted by Crippen LogP contribution is 2.12. The van der Waals surface area contributed by atoms with Crippen LogP contribution in [0.2, 0.25) is 5.15 Å². The fraction of sp³-hybridized carbons (Fsp3) is 0.533. The van der Waals surface area contributed by atoms with Gasteiger partial charge in [-0.1, -0.05) is 17.7 Å². The number of carbonyl (C=O) groups excluding carboxylic acids is 1. The predicted molar refractivity (Wildman–Crippen MR) is 90.2 cm³/mol. The average molecular weight is 326 g/mol. The average Bonchev–Trinajstić information content (AvgIpc) is 2.51. The van der Waals surface area contributed by atoms with Crippen LogP contribution in [0.3, 0.4) is 0 Å². The van der Waals surface area contributed by atoms with Gasteiger partial charge in [0.1, 0.15) is 5.15 Å². The molecular weight excluding hydrogens is 302 g/mol. The maximum Gasteiger partial charge on any atom is 0.227 e. The molecule has 3 N–H and O–H groups in total. The lowest BCUT2D eigenvalue weighted by atomic mass is 9.92. The number of guanidine groups is 1. The second-order valence-corrected chi connectivity index (χ2v) is 5.94. The van der Waals surface area contributed by atoms with Gasteiger partial charge in [0.2, 0.25) is 5.91 Å². The summed E-state index contributed by atoms with van der Waals surface area (Å²) in [5.41, 5.74) is 0.588. The minimum atomic E-state index is -0.507. The summed E-state index contributed by atoms with van der Waals surface area (Å²) >= 11 is 5.75. The molecule has 0 unspecified atom stereocenters. The third kappa shape index (κ3) is 5.89. The van der Waals surface area contributed by atoms with E-state index < -0.39 is 5.41 Å². The SMILES string of the molecule is CN=C(NCCc1ccc(Cl)nc1)NCC(C)(C)C(=O)NC. The maximum atomic E-state index is 11.7. The molecule has 0 aliphatic heterocycles. The van der Waals surface area contributed by atoms with Crippen LogP contribution in [-0.2, 0) is 11.2 Å². The number of amides is 1. The van der Waals surface area contributed by atoms with Crippen LogP contribution in [0.5, 0.6) is 0 Å². The molecule has 0 fully saturated rings. The molecule has 6 nitrogen and oxygen atoms in total. The van der Waals surface area contributed by atoms with Crippen LogP contribution in [-0.4, -0.2) is 44.0 Å². The molecule has 122 valence electrons. The zero-order valence-corrected chi connectivity index (χ0v) is 14.3. The first-order chi connectivity index (χ1) is 10.4. The number of carbonyl (C=O) groups is 1. The summed E-state index contributed by atoms with van der Waals surface area (Å²) in [6.45, 7) is 4.97. The molecule has 1 aromatic heterocycles. The smallest absolute Gasteiger partial charge is 0.227 e. The normalized spacial score (nSPS) is 12.0. The summed E-state index contributed by atoms with van der Waals surface area (Å²) in [6, 6.07) is 3.72. The number of aliphatic imine (C=N–C) groups is 1. The van der Waals surface area contributed by atoms with Crippen molar-refractivity contribution >= 4 is 23.5 Å². The van der Waals surface area contributed by atoms with E-state index in [4.69, 9.17) is 11.6 Å². The van der Waals surface area contributed by atoms with E-state index >= 15 is 0 Å². The summed E-state index contributed by atoms with van der Waals surface area (Å²) < 4.78 is 0. The van der Waals surface area contributed by atoms with E-state index in [1.165, 1.54) is 0 Å². The number of nitrogens with one attached hydrogen (secondary N) is 3. The lowest BCUT2D eigenvalue weighted by Crippen LogP contribution is -2.47. The summed E-state index contributed by atoms with van der Waals surface area (Å²) in [5, 5.41) is 9.52. The zero-order valence-electron chi connectivity index (χ0n) is 13.5. The van der Waals surface area contributed by atoms with Crippen molar-refractivity contribution in [2.24, 2.45) is 10.4 Å². The molecule has 0 saturated heterocycles. The molecule has 0 atom stereocenters. The monoisotopic (exact) mass is 325 g/mol. The van der Waals surface area contributed by atoms with E-state index in [1.807, 2.05) is 19.9 Å². The Morgan fingerprint density at radius 3 is 2.64 bits per heavy atom. The Balaban J connectivity index is 2.40. The fourth-order valence-corrected chi connectivity index (χ4v) is 1.94. The first-order valence-corrected chi connectivity index (χ1v) is 7.54. The highest BCUT2D eigenvalue weighted by Gasteiger charge is 2.26. The summed E-state index contributed by atoms with van der Waals surface area (Å²) in [5.74, 6) is 0.654. The summed E-state index contributed by atoms with van der Waals surface area (Å²) in [4.78, 5) is 19.9. The van der Waals surface area contributed by atoms with E-state index in [1.54, 1.807) is 26.4 Å². The summed E-state index contributed by atoms with van der Waals surface area (Å²) in [6.07, 6.45) is 2.57. The van der Waals surface area contributed by atoms with Gasteiger partial charge in [-0.05, 0) is 31.9 Å². The highest BCUT2D eigenvalue weighted by molar-refractivity contribution is 6.29. The molecule has 0 spiro atoms. The van der Waals surface area contributed by atoms with Gasteiger partial charge in [-0.15, -0.1) is 0 Å². The quantitative estimate of drug-likeness (QED) is 0.417. The number of rotatable bonds is 6. The molecule has 0 aromatic carbocycles. The molecule has 0 bridgehead atoms. The second kappa shape index (κ2) is 8.58. The largest absolute Gasteiger partial charge is 0.359 e. The topological polar surface area (TPSA) is 78.4 Å². The van der Waals surface area contributed by atoms with Gasteiger partial charge in [0, 0.05) is 33.4 Å². The predicted octanol–water partition coefficient (Wildman–Crippen LogP) is 1.21. The van der Waals surface area contributed by atoms with Crippen LogP contribution >= 0.6 is 11.6 Å². The fourth-order valence-electron chi connectivity index (χ4n) is 1.82. The number of nitrogens with zero attached hydrogens (tertiary/aromatic N) is 2. The molecular formula is C15H24ClN5O. The molecule has 1 aromatic rings. The number of halogens is 1. The number of pyridine rings is 1. The molecule has 0 radical (unpaired) electrons. The Kier molecular flexibility index (Phi) is 7.11. The van der Waals surface area contributed by atoms with E-state index in [0.29, 0.717) is 24.2 Å². The Bertz CT molecular complexity index is 513. The van der Waals surface area contributed by atoms with E-state index in [9.17, 15) is 4.79 Å². The van der Waals surface area contributed by atoms with Gasteiger partial charge in [-0.25, -0.2) is 4.98 Å². The van der Waals surface area contributed by atoms with Gasteiger partial charge in [0.05, 0.1) is 5.41 Å². The van der Waals surface area contributed by atoms with E-state index in [0.717, 1.165) is 12.0 Å². The van der Waals surface area contributed by atoms with Crippen LogP contribution in [0.25, 0.3) is 0 Å². The van der Waals surface area contributed by atoms with Crippen LogP contribution in [0, 0.1) is 5.41 Å². The molecule has 1 rings (SSSR count). The van der Waals surface area contributed by atoms with Crippen molar-refractivity contribution in [3.05, 3.63) is 29.0 Å². The number of hydrogen-bond donors (Lipinski definition) is 3. The molecule has 0 aliphatic rings. The van der Waals surface area contributed by atoms with Gasteiger partial charge in [0.25, 0.3) is 0 Å². The number of aromatic nitrogens is 1. The second-order valence-electron chi connectivity index (χ2n) is 5.55. The molecule has 1 amide bonds. The molecule has 0 saturated carbocycles. The zero-order chi connectivity index (χ0) is 16.6. The minimum Gasteiger partial charge on any atom is -0.359 e. The molecule has 0 aliphatic carbocycles. The molecule has 1 heterocycles. The maximum absolute atomic E-state index is 11.7. The third-order valence-corrected chi connectivity index (χ3v) is 3.48. The molecule has 7 heteroatoms. The van der Waals surface area contributed by atoms with Gasteiger partial charge in [-0.3, -0.25) is 9.79 Å². The van der Waals surface area contributed by atoms with Gasteiger partial charge in [-0.2, -0.15) is 0 Å². The van der Waals surface area contributed by atoms with Crippen molar-refractivity contribution in [2.45, 2.75) is 20.3 Å². The number of hydrogen-bond acceptors (Lipinski definition) is 3. The van der Waals surface area contributed by atoms with Gasteiger partial charge in [0.15, 0.2) is 5.96 Å². The van der Waals surface area contributed by atoms with Crippen molar-refractivity contribution in [1.82, 2.24) is 20.9 Å². The van der Waals surface area contributed by atoms with Gasteiger partial charge < -0.3 is 16.0 Å². The Hall–Kier alpha value is -1.82. The van der Waals surface area contributed by atoms with Crippen molar-refractivity contribution in [1.29, 1.82) is 0 Å². The van der Waals surface area contributed by atoms with E-state index in [-0.39, 0.29) is 5.91 Å². The van der Waals surface area contributed by atoms with Crippen LogP contribution in [0.1, 0.15) is 19.4 Å². The van der Waals surface area contributed by atoms with Crippen LogP contribution < -0.4 is 16.0 Å². The lowest BCUT2D eigenvalue weighted by Gasteiger charge is -2.24. The lowest BCUT2D eigenvalue weighted by molar-refractivity contribution is -0.128. The third-order valence-electron chi connectivity index (χ3n) is 3.26. The molecule has 22 heavy (non-hydrogen) atoms. The Morgan fingerprint density at radius 2 is 2.09 bits per heavy atom. The van der Waals surface area contributed by atoms with Crippen molar-refractivity contribution < 1.29 is 4.79 Å². The van der Waals surface area contributed by atoms with E-state index in [2.05, 4.69) is 25.9 Å². The Morgan fingerprint density at radius 1 is 1.36 bits per heavy atom. The summed E-state index contributed by atoms with van der Waals surface area (Å²) in [7, 11) is 3.34. The van der Waals surface area contributed by atoms with Crippen molar-refractivity contribution in [3.63, 3.8) is 0 Å². The standard InChI is InChI=1S/C15H24ClN5O/c1-15(2,13(22)17-3)10-21-14(18-4)19-8-7-11-5-6-12(16)20-9-11/h5-6,9H,7-8,10H2,1-4H3,(H,17,22)(H2,18,19,21). The first kappa shape index (κ1) is 18.2. The first-order valence-electron chi connectivity index (χ1n) is 7.16. The van der Waals surface area contributed by atoms with Gasteiger partial charge >= 0.3 is 0 Å². The van der Waals surface area contributed by atoms with Crippen molar-refractivity contribution in [2.75, 3.05) is 27.2 Å². The highest BCUT2D eigenvalue weighted by atomic mass is 35.5. The van der Waals surface area contributed by atoms with Crippen LogP contribution in [0.15, 0.2) is 23.3 Å². The Labute approximate surface area is 136 Å². The van der Waals surface area contributed by atoms with Crippen molar-refractivity contribution in [3.8, 4) is 0 Å². The van der Waals surface area contributed by atoms with Crippen LogP contribution in [0.4, 0.5) is 0 Å².